The van der Waals surface area contributed by atoms with Gasteiger partial charge in [0, 0.05) is 31.5 Å². The van der Waals surface area contributed by atoms with Crippen molar-refractivity contribution in [2.75, 3.05) is 20.1 Å². The first-order valence-electron chi connectivity index (χ1n) is 9.89. The first-order valence-corrected chi connectivity index (χ1v) is 9.89. The molecule has 7 heteroatoms. The maximum absolute atomic E-state index is 13.4. The molecule has 3 aliphatic rings. The average molecular weight is 381 g/mol. The van der Waals surface area contributed by atoms with E-state index in [9.17, 15) is 9.59 Å². The molecule has 2 atom stereocenters. The van der Waals surface area contributed by atoms with Crippen molar-refractivity contribution in [3.8, 4) is 0 Å². The maximum Gasteiger partial charge on any atom is 0.328 e. The molecule has 1 aromatic carbocycles. The van der Waals surface area contributed by atoms with Crippen LogP contribution in [-0.4, -0.2) is 69.8 Å². The fourth-order valence-electron chi connectivity index (χ4n) is 4.26. The Kier molecular flexibility index (Phi) is 4.61. The van der Waals surface area contributed by atoms with Gasteiger partial charge in [-0.25, -0.2) is 9.79 Å². The molecular formula is C21H27N5O2. The highest BCUT2D eigenvalue weighted by molar-refractivity contribution is 6.05. The third-order valence-corrected chi connectivity index (χ3v) is 5.92. The van der Waals surface area contributed by atoms with E-state index < -0.39 is 12.2 Å². The molecule has 148 valence electrons. The van der Waals surface area contributed by atoms with Gasteiger partial charge in [0.05, 0.1) is 0 Å². The summed E-state index contributed by atoms with van der Waals surface area (Å²) in [6.07, 6.45) is 1.16. The quantitative estimate of drug-likeness (QED) is 0.786. The second-order valence-corrected chi connectivity index (χ2v) is 7.60. The third kappa shape index (κ3) is 2.68. The van der Waals surface area contributed by atoms with Crippen molar-refractivity contribution in [2.45, 2.75) is 45.8 Å². The van der Waals surface area contributed by atoms with Gasteiger partial charge < -0.3 is 9.80 Å². The van der Waals surface area contributed by atoms with E-state index in [1.807, 2.05) is 42.2 Å². The van der Waals surface area contributed by atoms with Gasteiger partial charge in [0.1, 0.15) is 0 Å². The van der Waals surface area contributed by atoms with E-state index in [1.165, 1.54) is 4.90 Å². The molecule has 0 N–H and O–H groups in total. The predicted octanol–water partition coefficient (Wildman–Crippen LogP) is 2.47. The van der Waals surface area contributed by atoms with E-state index >= 15 is 0 Å². The zero-order valence-corrected chi connectivity index (χ0v) is 16.9. The standard InChI is InChI=1S/C21H27N5O2/c1-5-12-24-14(2)15(3)26-17-18(22-20(24)26)23(4)21(28)25(19(17)27)13-11-16-9-7-6-8-10-16/h6-10,17-18H,5,11-13H2,1-4H3. The molecule has 0 spiro atoms. The number of guanidine groups is 1. The van der Waals surface area contributed by atoms with Crippen molar-refractivity contribution in [2.24, 2.45) is 4.99 Å². The lowest BCUT2D eigenvalue weighted by atomic mass is 10.1. The Balaban J connectivity index is 1.60. The lowest BCUT2D eigenvalue weighted by Gasteiger charge is -2.40. The molecule has 0 radical (unpaired) electrons. The second-order valence-electron chi connectivity index (χ2n) is 7.60. The summed E-state index contributed by atoms with van der Waals surface area (Å²) in [4.78, 5) is 38.2. The van der Waals surface area contributed by atoms with E-state index in [2.05, 4.69) is 18.7 Å². The molecule has 1 saturated heterocycles. The summed E-state index contributed by atoms with van der Waals surface area (Å²) < 4.78 is 0. The molecule has 3 aliphatic heterocycles. The minimum absolute atomic E-state index is 0.159. The van der Waals surface area contributed by atoms with Crippen molar-refractivity contribution >= 4 is 17.9 Å². The van der Waals surface area contributed by atoms with Crippen LogP contribution in [0.2, 0.25) is 0 Å². The summed E-state index contributed by atoms with van der Waals surface area (Å²) in [5, 5.41) is 0. The fraction of sp³-hybridized carbons (Fsp3) is 0.476. The molecule has 1 aromatic rings. The van der Waals surface area contributed by atoms with Gasteiger partial charge in [-0.2, -0.15) is 0 Å². The smallest absolute Gasteiger partial charge is 0.315 e. The van der Waals surface area contributed by atoms with Gasteiger partial charge in [-0.15, -0.1) is 0 Å². The number of benzene rings is 1. The lowest BCUT2D eigenvalue weighted by molar-refractivity contribution is -0.136. The molecule has 0 aromatic heterocycles. The van der Waals surface area contributed by atoms with Crippen LogP contribution >= 0.6 is 0 Å². The molecule has 3 amide bonds. The van der Waals surface area contributed by atoms with Crippen molar-refractivity contribution in [1.82, 2.24) is 19.6 Å². The average Bonchev–Trinajstić information content (AvgIpc) is 3.19. The molecule has 1 fully saturated rings. The Bertz CT molecular complexity index is 863. The van der Waals surface area contributed by atoms with Crippen molar-refractivity contribution in [3.63, 3.8) is 0 Å². The molecule has 0 bridgehead atoms. The Hall–Kier alpha value is -2.83. The predicted molar refractivity (Wildman–Crippen MR) is 107 cm³/mol. The Morgan fingerprint density at radius 2 is 1.71 bits per heavy atom. The normalized spacial score (nSPS) is 24.2. The number of likely N-dealkylation sites (N-methyl/N-ethyl adjacent to an activating group) is 1. The van der Waals surface area contributed by atoms with Crippen LogP contribution in [0.5, 0.6) is 0 Å². The molecule has 3 heterocycles. The molecule has 7 nitrogen and oxygen atoms in total. The number of nitrogens with zero attached hydrogens (tertiary/aromatic N) is 5. The minimum Gasteiger partial charge on any atom is -0.315 e. The van der Waals surface area contributed by atoms with Crippen LogP contribution < -0.4 is 0 Å². The molecule has 0 aliphatic carbocycles. The monoisotopic (exact) mass is 381 g/mol. The number of amides is 3. The van der Waals surface area contributed by atoms with Crippen LogP contribution in [0.3, 0.4) is 0 Å². The third-order valence-electron chi connectivity index (χ3n) is 5.92. The Labute approximate surface area is 165 Å². The molecule has 0 saturated carbocycles. The molecule has 2 unspecified atom stereocenters. The highest BCUT2D eigenvalue weighted by atomic mass is 16.2. The van der Waals surface area contributed by atoms with E-state index in [0.717, 1.165) is 35.9 Å². The Morgan fingerprint density at radius 3 is 2.39 bits per heavy atom. The van der Waals surface area contributed by atoms with Gasteiger partial charge in [-0.05, 0) is 32.3 Å². The second kappa shape index (κ2) is 6.96. The van der Waals surface area contributed by atoms with E-state index in [1.54, 1.807) is 11.9 Å². The SMILES string of the molecule is CCCN1C2=NC3C(C(=O)N(CCc4ccccc4)C(=O)N3C)N2C(C)=C1C. The molecule has 4 rings (SSSR count). The number of carbonyl (C=O) groups is 2. The van der Waals surface area contributed by atoms with Crippen LogP contribution in [0.25, 0.3) is 0 Å². The van der Waals surface area contributed by atoms with Crippen LogP contribution in [0.1, 0.15) is 32.8 Å². The zero-order valence-electron chi connectivity index (χ0n) is 16.9. The first-order chi connectivity index (χ1) is 13.5. The van der Waals surface area contributed by atoms with Crippen LogP contribution in [0.15, 0.2) is 46.7 Å². The lowest BCUT2D eigenvalue weighted by Crippen LogP contribution is -2.64. The van der Waals surface area contributed by atoms with Gasteiger partial charge in [0.2, 0.25) is 5.96 Å². The highest BCUT2D eigenvalue weighted by Gasteiger charge is 2.55. The maximum atomic E-state index is 13.4. The number of aliphatic imine (C=N–C) groups is 1. The fourth-order valence-corrected chi connectivity index (χ4v) is 4.26. The number of allylic oxidation sites excluding steroid dienone is 2. The number of urea groups is 1. The van der Waals surface area contributed by atoms with Gasteiger partial charge in [0.25, 0.3) is 5.91 Å². The van der Waals surface area contributed by atoms with Gasteiger partial charge in [-0.3, -0.25) is 14.6 Å². The molecule has 28 heavy (non-hydrogen) atoms. The van der Waals surface area contributed by atoms with Gasteiger partial charge in [0.15, 0.2) is 12.2 Å². The number of hydrogen-bond donors (Lipinski definition) is 0. The van der Waals surface area contributed by atoms with E-state index in [-0.39, 0.29) is 11.9 Å². The zero-order chi connectivity index (χ0) is 20.0. The highest BCUT2D eigenvalue weighted by Crippen LogP contribution is 2.37. The van der Waals surface area contributed by atoms with Gasteiger partial charge in [-0.1, -0.05) is 37.3 Å². The van der Waals surface area contributed by atoms with Gasteiger partial charge >= 0.3 is 6.03 Å². The number of rotatable bonds is 5. The summed E-state index contributed by atoms with van der Waals surface area (Å²) in [6, 6.07) is 9.18. The van der Waals surface area contributed by atoms with Crippen molar-refractivity contribution in [1.29, 1.82) is 0 Å². The largest absolute Gasteiger partial charge is 0.328 e. The minimum atomic E-state index is -0.481. The van der Waals surface area contributed by atoms with E-state index in [0.29, 0.717) is 13.0 Å². The van der Waals surface area contributed by atoms with Crippen LogP contribution in [-0.2, 0) is 11.2 Å². The summed E-state index contributed by atoms with van der Waals surface area (Å²) in [5.74, 6) is 0.637. The number of fused-ring (bicyclic) bond motifs is 3. The topological polar surface area (TPSA) is 59.5 Å². The van der Waals surface area contributed by atoms with Crippen molar-refractivity contribution in [3.05, 3.63) is 47.3 Å². The van der Waals surface area contributed by atoms with Crippen LogP contribution in [0.4, 0.5) is 4.79 Å². The summed E-state index contributed by atoms with van der Waals surface area (Å²) in [6.45, 7) is 7.44. The Morgan fingerprint density at radius 1 is 1.00 bits per heavy atom. The number of imide groups is 1. The summed E-state index contributed by atoms with van der Waals surface area (Å²) >= 11 is 0. The number of carbonyl (C=O) groups excluding carboxylic acids is 2. The summed E-state index contributed by atoms with van der Waals surface area (Å²) in [5.41, 5.74) is 3.28. The number of hydrogen-bond acceptors (Lipinski definition) is 5. The summed E-state index contributed by atoms with van der Waals surface area (Å²) in [7, 11) is 1.74. The molecular weight excluding hydrogens is 354 g/mol. The van der Waals surface area contributed by atoms with Crippen molar-refractivity contribution < 1.29 is 9.59 Å². The van der Waals surface area contributed by atoms with Crippen LogP contribution in [0, 0.1) is 0 Å². The van der Waals surface area contributed by atoms with E-state index in [4.69, 9.17) is 4.99 Å². The first kappa shape index (κ1) is 18.5.